The first-order valence-corrected chi connectivity index (χ1v) is 21.4. The van der Waals surface area contributed by atoms with Gasteiger partial charge in [0.05, 0.1) is 22.1 Å². The average molecular weight is 789 g/mol. The minimum Gasteiger partial charge on any atom is -0.309 e. The lowest BCUT2D eigenvalue weighted by molar-refractivity contribution is 1.17. The predicted molar refractivity (Wildman–Crippen MR) is 265 cm³/mol. The highest BCUT2D eigenvalue weighted by molar-refractivity contribution is 6.33. The van der Waals surface area contributed by atoms with Crippen molar-refractivity contribution in [2.24, 2.45) is 0 Å². The molecule has 2 aromatic heterocycles. The van der Waals surface area contributed by atoms with E-state index in [1.165, 1.54) is 76.1 Å². The van der Waals surface area contributed by atoms with Gasteiger partial charge in [-0.2, -0.15) is 0 Å². The van der Waals surface area contributed by atoms with Crippen molar-refractivity contribution in [3.05, 3.63) is 243 Å². The molecule has 0 N–H and O–H groups in total. The van der Waals surface area contributed by atoms with Crippen molar-refractivity contribution >= 4 is 75.9 Å². The second kappa shape index (κ2) is 14.8. The van der Waals surface area contributed by atoms with Crippen molar-refractivity contribution < 1.29 is 0 Å². The van der Waals surface area contributed by atoms with Crippen LogP contribution in [-0.4, -0.2) is 9.13 Å². The molecule has 0 saturated heterocycles. The highest BCUT2D eigenvalue weighted by Crippen LogP contribution is 2.42. The Balaban J connectivity index is 1.36. The van der Waals surface area contributed by atoms with Crippen LogP contribution in [0.5, 0.6) is 0 Å². The Hall–Kier alpha value is -8.20. The first kappa shape index (κ1) is 35.7. The summed E-state index contributed by atoms with van der Waals surface area (Å²) >= 11 is 0. The molecule has 62 heavy (non-hydrogen) atoms. The Morgan fingerprint density at radius 1 is 0.194 bits per heavy atom. The molecule has 0 unspecified atom stereocenters. The van der Waals surface area contributed by atoms with E-state index >= 15 is 0 Å². The molecule has 0 amide bonds. The van der Waals surface area contributed by atoms with E-state index in [-0.39, 0.29) is 0 Å². The maximum atomic E-state index is 2.48. The van der Waals surface area contributed by atoms with Gasteiger partial charge >= 0.3 is 0 Å². The Kier molecular flexibility index (Phi) is 8.53. The third-order valence-corrected chi connectivity index (χ3v) is 12.5. The van der Waals surface area contributed by atoms with Gasteiger partial charge in [-0.1, -0.05) is 194 Å². The van der Waals surface area contributed by atoms with Gasteiger partial charge < -0.3 is 9.13 Å². The smallest absolute Gasteiger partial charge is 0.0540 e. The molecule has 0 fully saturated rings. The third kappa shape index (κ3) is 5.80. The Bertz CT molecular complexity index is 3390. The van der Waals surface area contributed by atoms with Crippen LogP contribution in [0.15, 0.2) is 243 Å². The lowest BCUT2D eigenvalue weighted by Crippen LogP contribution is -1.98. The fourth-order valence-corrected chi connectivity index (χ4v) is 9.85. The summed E-state index contributed by atoms with van der Waals surface area (Å²) in [5.74, 6) is 0. The predicted octanol–water partition coefficient (Wildman–Crippen LogP) is 16.4. The van der Waals surface area contributed by atoms with Crippen LogP contribution in [0.1, 0.15) is 0 Å². The van der Waals surface area contributed by atoms with E-state index in [9.17, 15) is 0 Å². The summed E-state index contributed by atoms with van der Waals surface area (Å²) in [7, 11) is 0. The zero-order chi connectivity index (χ0) is 41.0. The van der Waals surface area contributed by atoms with Gasteiger partial charge in [0.2, 0.25) is 0 Å². The molecule has 2 heterocycles. The molecule has 0 aliphatic carbocycles. The summed E-state index contributed by atoms with van der Waals surface area (Å²) in [6, 6.07) is 89.0. The monoisotopic (exact) mass is 788 g/mol. The van der Waals surface area contributed by atoms with Crippen LogP contribution in [0.2, 0.25) is 0 Å². The van der Waals surface area contributed by atoms with Gasteiger partial charge in [0.25, 0.3) is 0 Å². The van der Waals surface area contributed by atoms with Crippen molar-refractivity contribution in [2.75, 3.05) is 0 Å². The normalized spacial score (nSPS) is 11.5. The topological polar surface area (TPSA) is 9.86 Å². The quantitative estimate of drug-likeness (QED) is 0.168. The molecule has 290 valence electrons. The molecule has 2 heteroatoms. The minimum atomic E-state index is 1.11. The molecule has 0 bridgehead atoms. The maximum absolute atomic E-state index is 2.48. The zero-order valence-corrected chi connectivity index (χ0v) is 34.0. The van der Waals surface area contributed by atoms with E-state index in [2.05, 4.69) is 252 Å². The Morgan fingerprint density at radius 2 is 0.452 bits per heavy atom. The second-order valence-corrected chi connectivity index (χ2v) is 16.0. The number of aromatic nitrogens is 2. The summed E-state index contributed by atoms with van der Waals surface area (Å²) in [6.45, 7) is 0. The molecule has 0 radical (unpaired) electrons. The summed E-state index contributed by atoms with van der Waals surface area (Å²) in [5, 5.41) is 11.9. The van der Waals surface area contributed by atoms with Crippen LogP contribution in [0.4, 0.5) is 0 Å². The number of para-hydroxylation sites is 4. The van der Waals surface area contributed by atoms with Gasteiger partial charge in [-0.05, 0) is 103 Å². The van der Waals surface area contributed by atoms with Gasteiger partial charge in [0.1, 0.15) is 0 Å². The molecular weight excluding hydrogens is 749 g/mol. The fourth-order valence-electron chi connectivity index (χ4n) is 9.85. The second-order valence-electron chi connectivity index (χ2n) is 16.0. The van der Waals surface area contributed by atoms with Gasteiger partial charge in [-0.15, -0.1) is 0 Å². The highest BCUT2D eigenvalue weighted by atomic mass is 15.0. The number of fused-ring (bicyclic) bond motifs is 8. The van der Waals surface area contributed by atoms with E-state index in [0.717, 1.165) is 33.4 Å². The number of rotatable bonds is 4. The minimum absolute atomic E-state index is 1.11. The summed E-state index contributed by atoms with van der Waals surface area (Å²) in [5.41, 5.74) is 11.5. The van der Waals surface area contributed by atoms with E-state index in [0.29, 0.717) is 0 Å². The third-order valence-electron chi connectivity index (χ3n) is 12.5. The van der Waals surface area contributed by atoms with Crippen LogP contribution >= 0.6 is 0 Å². The van der Waals surface area contributed by atoms with Crippen molar-refractivity contribution in [1.29, 1.82) is 0 Å². The first-order valence-electron chi connectivity index (χ1n) is 21.4. The summed E-state index contributed by atoms with van der Waals surface area (Å²) < 4.78 is 4.95. The van der Waals surface area contributed by atoms with Crippen LogP contribution in [0.3, 0.4) is 0 Å². The number of nitrogens with zero attached hydrogens (tertiary/aromatic N) is 2. The van der Waals surface area contributed by atoms with E-state index in [1.807, 2.05) is 0 Å². The molecule has 10 aromatic carbocycles. The number of hydrogen-bond acceptors (Lipinski definition) is 0. The van der Waals surface area contributed by atoms with Crippen molar-refractivity contribution in [1.82, 2.24) is 9.13 Å². The Labute approximate surface area is 359 Å². The zero-order valence-electron chi connectivity index (χ0n) is 34.0. The fraction of sp³-hybridized carbons (Fsp3) is 0. The van der Waals surface area contributed by atoms with Crippen molar-refractivity contribution in [3.8, 4) is 33.6 Å². The average Bonchev–Trinajstić information content (AvgIpc) is 3.42. The van der Waals surface area contributed by atoms with Gasteiger partial charge in [0, 0.05) is 32.9 Å². The van der Waals surface area contributed by atoms with Gasteiger partial charge in [-0.3, -0.25) is 0 Å². The first-order chi connectivity index (χ1) is 30.8. The van der Waals surface area contributed by atoms with E-state index < -0.39 is 0 Å². The number of hydrogen-bond donors (Lipinski definition) is 0. The van der Waals surface area contributed by atoms with Crippen LogP contribution in [0, 0.1) is 0 Å². The summed E-state index contributed by atoms with van der Waals surface area (Å²) in [4.78, 5) is 0. The molecule has 0 aliphatic heterocycles. The van der Waals surface area contributed by atoms with Crippen molar-refractivity contribution in [2.45, 2.75) is 0 Å². The Morgan fingerprint density at radius 3 is 0.790 bits per heavy atom. The largest absolute Gasteiger partial charge is 0.309 e. The molecule has 2 nitrogen and oxygen atoms in total. The van der Waals surface area contributed by atoms with Crippen LogP contribution < -0.4 is 0 Å². The van der Waals surface area contributed by atoms with Gasteiger partial charge in [-0.25, -0.2) is 0 Å². The number of benzene rings is 10. The lowest BCUT2D eigenvalue weighted by Gasteiger charge is -2.15. The highest BCUT2D eigenvalue weighted by Gasteiger charge is 2.17. The van der Waals surface area contributed by atoms with E-state index in [4.69, 9.17) is 0 Å². The maximum Gasteiger partial charge on any atom is 0.0540 e. The molecule has 0 atom stereocenters. The molecule has 0 saturated carbocycles. The van der Waals surface area contributed by atoms with Gasteiger partial charge in [0.15, 0.2) is 0 Å². The van der Waals surface area contributed by atoms with Crippen molar-refractivity contribution in [3.63, 3.8) is 0 Å². The standard InChI is InChI=1S/C60H40N2/c1-3-19-41(20-4-1)43-23-15-25-45(39-43)61-55-35-11-7-27-47(55)51-31-17-33-53-49-29-9-13-37-57(49)62(46-26-16-24-44(40-46)42-21-5-2-6-22-42)58-38-14-10-30-50(58)54-34-18-32-52(60(54)59(51)53)48-28-8-12-36-56(48)61/h1-40H. The SMILES string of the molecule is c1ccc(-c2cccc(-n3c4ccccc4c4cccc5c6ccccc6n(-c6cccc(-c7ccccc7)c6)c6ccccc6c6cccc(c7ccccc73)c6c45)c2)cc1. The molecule has 0 spiro atoms. The molecule has 0 aliphatic rings. The van der Waals surface area contributed by atoms with Crippen LogP contribution in [-0.2, 0) is 0 Å². The molecule has 12 aromatic rings. The molecular formula is C60H40N2. The molecule has 12 rings (SSSR count). The van der Waals surface area contributed by atoms with E-state index in [1.54, 1.807) is 0 Å². The summed E-state index contributed by atoms with van der Waals surface area (Å²) in [6.07, 6.45) is 0. The van der Waals surface area contributed by atoms with Crippen LogP contribution in [0.25, 0.3) is 110 Å². The lowest BCUT2D eigenvalue weighted by atomic mass is 9.94.